The third kappa shape index (κ3) is 6.94. The van der Waals surface area contributed by atoms with Crippen LogP contribution in [0.5, 0.6) is 0 Å². The van der Waals surface area contributed by atoms with E-state index < -0.39 is 5.60 Å². The van der Waals surface area contributed by atoms with Crippen LogP contribution in [0.4, 0.5) is 0 Å². The van der Waals surface area contributed by atoms with Crippen molar-refractivity contribution in [2.45, 2.75) is 103 Å². The first-order valence-electron chi connectivity index (χ1n) is 12.5. The molecule has 5 atom stereocenters. The van der Waals surface area contributed by atoms with E-state index in [1.807, 2.05) is 6.92 Å². The van der Waals surface area contributed by atoms with Gasteiger partial charge in [0, 0.05) is 5.92 Å². The van der Waals surface area contributed by atoms with Gasteiger partial charge in [-0.05, 0) is 96.2 Å². The maximum atomic E-state index is 10.6. The van der Waals surface area contributed by atoms with Crippen LogP contribution < -0.4 is 0 Å². The monoisotopic (exact) mass is 403 g/mol. The molecule has 0 amide bonds. The molecular formula is C26H45NO2. The van der Waals surface area contributed by atoms with Crippen molar-refractivity contribution >= 4 is 0 Å². The summed E-state index contributed by atoms with van der Waals surface area (Å²) >= 11 is 0. The first-order valence-corrected chi connectivity index (χ1v) is 12.5. The molecule has 1 aliphatic heterocycles. The molecule has 3 heteroatoms. The molecule has 3 nitrogen and oxygen atoms in total. The Morgan fingerprint density at radius 1 is 1.17 bits per heavy atom. The summed E-state index contributed by atoms with van der Waals surface area (Å²) < 4.78 is 0. The smallest absolute Gasteiger partial charge is 0.0654 e. The molecule has 0 aromatic heterocycles. The van der Waals surface area contributed by atoms with Crippen molar-refractivity contribution in [1.82, 2.24) is 4.90 Å². The highest BCUT2D eigenvalue weighted by Gasteiger charge is 2.43. The van der Waals surface area contributed by atoms with E-state index in [0.29, 0.717) is 18.3 Å². The Balaban J connectivity index is 1.37. The fraction of sp³-hybridized carbons (Fsp3) is 0.846. The van der Waals surface area contributed by atoms with Gasteiger partial charge in [-0.25, -0.2) is 0 Å². The summed E-state index contributed by atoms with van der Waals surface area (Å²) in [6.45, 7) is 8.05. The summed E-state index contributed by atoms with van der Waals surface area (Å²) in [5.41, 5.74) is 1.03. The molecule has 0 aromatic carbocycles. The molecule has 2 fully saturated rings. The number of hydrogen-bond acceptors (Lipinski definition) is 3. The van der Waals surface area contributed by atoms with E-state index in [1.165, 1.54) is 64.6 Å². The van der Waals surface area contributed by atoms with Crippen LogP contribution >= 0.6 is 0 Å². The maximum absolute atomic E-state index is 10.6. The summed E-state index contributed by atoms with van der Waals surface area (Å²) in [5, 5.41) is 21.1. The predicted molar refractivity (Wildman–Crippen MR) is 122 cm³/mol. The Morgan fingerprint density at radius 3 is 2.72 bits per heavy atom. The van der Waals surface area contributed by atoms with E-state index in [9.17, 15) is 10.2 Å². The van der Waals surface area contributed by atoms with Crippen molar-refractivity contribution in [2.24, 2.45) is 17.8 Å². The van der Waals surface area contributed by atoms with Crippen LogP contribution in [0, 0.1) is 17.8 Å². The van der Waals surface area contributed by atoms with Gasteiger partial charge in [-0.2, -0.15) is 0 Å². The molecule has 0 radical (unpaired) electrons. The molecule has 3 aliphatic rings. The van der Waals surface area contributed by atoms with Gasteiger partial charge in [-0.15, -0.1) is 0 Å². The van der Waals surface area contributed by atoms with Crippen molar-refractivity contribution in [1.29, 1.82) is 0 Å². The summed E-state index contributed by atoms with van der Waals surface area (Å²) in [7, 11) is 0. The molecule has 2 aliphatic carbocycles. The molecule has 0 bridgehead atoms. The number of aliphatic hydroxyl groups is 2. The third-order valence-corrected chi connectivity index (χ3v) is 7.61. The van der Waals surface area contributed by atoms with Crippen molar-refractivity contribution in [3.05, 3.63) is 23.8 Å². The Kier molecular flexibility index (Phi) is 8.83. The topological polar surface area (TPSA) is 43.7 Å². The Hall–Kier alpha value is -0.640. The van der Waals surface area contributed by atoms with E-state index in [4.69, 9.17) is 0 Å². The van der Waals surface area contributed by atoms with Gasteiger partial charge in [-0.1, -0.05) is 50.0 Å². The van der Waals surface area contributed by atoms with Gasteiger partial charge >= 0.3 is 0 Å². The molecule has 1 saturated carbocycles. The predicted octanol–water partition coefficient (Wildman–Crippen LogP) is 5.47. The lowest BCUT2D eigenvalue weighted by molar-refractivity contribution is 0.0513. The molecule has 0 spiro atoms. The highest BCUT2D eigenvalue weighted by atomic mass is 16.3. The summed E-state index contributed by atoms with van der Waals surface area (Å²) in [5.74, 6) is 1.42. The van der Waals surface area contributed by atoms with Crippen molar-refractivity contribution in [3.63, 3.8) is 0 Å². The molecule has 166 valence electrons. The molecule has 2 N–H and O–H groups in total. The zero-order chi connectivity index (χ0) is 20.7. The molecule has 0 unspecified atom stereocenters. The Labute approximate surface area is 179 Å². The number of unbranched alkanes of at least 4 members (excludes halogenated alkanes) is 3. The molecule has 3 rings (SSSR count). The van der Waals surface area contributed by atoms with Gasteiger partial charge in [0.05, 0.1) is 11.7 Å². The lowest BCUT2D eigenvalue weighted by Gasteiger charge is -2.22. The average Bonchev–Trinajstić information content (AvgIpc) is 3.38. The average molecular weight is 404 g/mol. The van der Waals surface area contributed by atoms with Crippen LogP contribution in [0.3, 0.4) is 0 Å². The second-order valence-corrected chi connectivity index (χ2v) is 10.3. The maximum Gasteiger partial charge on any atom is 0.0654 e. The standard InChI is InChI=1S/C26H45NO2/c1-3-4-13-26(2,29)14-10-12-23-24-19-21(18-22(24)20-25(23)28)11-6-5-7-15-27-16-8-9-17-27/h10,12,18,22-25,28-29H,3-9,11,13-17,19-20H2,1-2H3/b12-10+/t22-,23+,24-,25+,26-/m0/s1. The SMILES string of the molecule is CCCC[C@](C)(O)C/C=C/[C@@H]1[C@H]2CC(CCCCCN3CCCC3)=C[C@H]2C[C@H]1O. The quantitative estimate of drug-likeness (QED) is 0.335. The second kappa shape index (κ2) is 11.1. The largest absolute Gasteiger partial charge is 0.392 e. The first kappa shape index (κ1) is 23.0. The normalized spacial score (nSPS) is 32.1. The summed E-state index contributed by atoms with van der Waals surface area (Å²) in [6, 6.07) is 0. The first-order chi connectivity index (χ1) is 14.0. The fourth-order valence-corrected chi connectivity index (χ4v) is 5.80. The van der Waals surface area contributed by atoms with Gasteiger partial charge in [0.15, 0.2) is 0 Å². The Morgan fingerprint density at radius 2 is 1.97 bits per heavy atom. The number of rotatable bonds is 12. The van der Waals surface area contributed by atoms with Gasteiger partial charge in [0.1, 0.15) is 0 Å². The van der Waals surface area contributed by atoms with Crippen LogP contribution in [-0.4, -0.2) is 46.5 Å². The number of fused-ring (bicyclic) bond motifs is 1. The number of allylic oxidation sites excluding steroid dienone is 2. The molecule has 1 saturated heterocycles. The van der Waals surface area contributed by atoms with E-state index >= 15 is 0 Å². The van der Waals surface area contributed by atoms with Crippen LogP contribution in [0.25, 0.3) is 0 Å². The number of likely N-dealkylation sites (tertiary alicyclic amines) is 1. The van der Waals surface area contributed by atoms with Crippen LogP contribution in [0.15, 0.2) is 23.8 Å². The Bertz CT molecular complexity index is 547. The molecular weight excluding hydrogens is 358 g/mol. The summed E-state index contributed by atoms with van der Waals surface area (Å²) in [4.78, 5) is 2.62. The zero-order valence-corrected chi connectivity index (χ0v) is 19.0. The number of nitrogens with zero attached hydrogens (tertiary/aromatic N) is 1. The summed E-state index contributed by atoms with van der Waals surface area (Å²) in [6.07, 6.45) is 20.6. The minimum absolute atomic E-state index is 0.208. The van der Waals surface area contributed by atoms with Gasteiger partial charge in [0.2, 0.25) is 0 Å². The third-order valence-electron chi connectivity index (χ3n) is 7.61. The van der Waals surface area contributed by atoms with Crippen LogP contribution in [0.1, 0.15) is 90.9 Å². The fourth-order valence-electron chi connectivity index (χ4n) is 5.80. The number of aliphatic hydroxyl groups excluding tert-OH is 1. The highest BCUT2D eigenvalue weighted by molar-refractivity contribution is 5.20. The molecule has 1 heterocycles. The van der Waals surface area contributed by atoms with Gasteiger partial charge < -0.3 is 15.1 Å². The van der Waals surface area contributed by atoms with Gasteiger partial charge in [-0.3, -0.25) is 0 Å². The van der Waals surface area contributed by atoms with E-state index in [0.717, 1.165) is 25.7 Å². The van der Waals surface area contributed by atoms with Gasteiger partial charge in [0.25, 0.3) is 0 Å². The minimum Gasteiger partial charge on any atom is -0.392 e. The van der Waals surface area contributed by atoms with E-state index in [-0.39, 0.29) is 12.0 Å². The van der Waals surface area contributed by atoms with Crippen molar-refractivity contribution in [2.75, 3.05) is 19.6 Å². The van der Waals surface area contributed by atoms with E-state index in [2.05, 4.69) is 30.1 Å². The van der Waals surface area contributed by atoms with E-state index in [1.54, 1.807) is 5.57 Å². The van der Waals surface area contributed by atoms with Crippen LogP contribution in [-0.2, 0) is 0 Å². The minimum atomic E-state index is -0.608. The zero-order valence-electron chi connectivity index (χ0n) is 19.0. The van der Waals surface area contributed by atoms with Crippen molar-refractivity contribution in [3.8, 4) is 0 Å². The lowest BCUT2D eigenvalue weighted by atomic mass is 9.87. The second-order valence-electron chi connectivity index (χ2n) is 10.3. The van der Waals surface area contributed by atoms with Crippen molar-refractivity contribution < 1.29 is 10.2 Å². The van der Waals surface area contributed by atoms with Crippen LogP contribution in [0.2, 0.25) is 0 Å². The number of hydrogen-bond donors (Lipinski definition) is 2. The highest BCUT2D eigenvalue weighted by Crippen LogP contribution is 2.48. The molecule has 29 heavy (non-hydrogen) atoms. The lowest BCUT2D eigenvalue weighted by Crippen LogP contribution is -2.23. The molecule has 0 aromatic rings.